The minimum Gasteiger partial charge on any atom is -0.444 e. The second-order valence-electron chi connectivity index (χ2n) is 15.6. The summed E-state index contributed by atoms with van der Waals surface area (Å²) in [4.78, 5) is 45.8. The SMILES string of the molecule is CC(C)(C)OC(=O)N(CCC1=CCC(NC(O)CCc2csc(N(C(=O)OC(C)(C)C)C(=O)OC(C)(C)C)n2)CC1)C[C@H](O)c1ccccc1. The van der Waals surface area contributed by atoms with Crippen molar-refractivity contribution < 1.29 is 38.8 Å². The first kappa shape index (κ1) is 40.9. The topological polar surface area (TPSA) is 151 Å². The molecule has 0 radical (unpaired) electrons. The van der Waals surface area contributed by atoms with Gasteiger partial charge in [0.05, 0.1) is 18.3 Å². The highest BCUT2D eigenvalue weighted by molar-refractivity contribution is 7.14. The molecule has 3 rings (SSSR count). The molecule has 1 aromatic heterocycles. The van der Waals surface area contributed by atoms with E-state index in [4.69, 9.17) is 14.2 Å². The molecule has 12 nitrogen and oxygen atoms in total. The highest BCUT2D eigenvalue weighted by atomic mass is 32.1. The van der Waals surface area contributed by atoms with Gasteiger partial charge in [-0.1, -0.05) is 42.0 Å². The normalized spacial score (nSPS) is 16.5. The van der Waals surface area contributed by atoms with Gasteiger partial charge in [-0.15, -0.1) is 11.3 Å². The van der Waals surface area contributed by atoms with E-state index in [2.05, 4.69) is 16.4 Å². The van der Waals surface area contributed by atoms with Crippen molar-refractivity contribution in [2.24, 2.45) is 0 Å². The molecule has 1 aromatic carbocycles. The molecule has 1 aliphatic carbocycles. The van der Waals surface area contributed by atoms with Gasteiger partial charge in [-0.3, -0.25) is 5.32 Å². The number of anilines is 1. The fourth-order valence-electron chi connectivity index (χ4n) is 5.12. The van der Waals surface area contributed by atoms with E-state index in [0.29, 0.717) is 31.5 Å². The smallest absolute Gasteiger partial charge is 0.426 e. The van der Waals surface area contributed by atoms with Gasteiger partial charge < -0.3 is 29.3 Å². The van der Waals surface area contributed by atoms with E-state index in [0.717, 1.165) is 41.1 Å². The van der Waals surface area contributed by atoms with Crippen molar-refractivity contribution >= 4 is 34.7 Å². The van der Waals surface area contributed by atoms with Gasteiger partial charge >= 0.3 is 18.3 Å². The van der Waals surface area contributed by atoms with E-state index in [1.54, 1.807) is 51.8 Å². The van der Waals surface area contributed by atoms with E-state index in [1.165, 1.54) is 5.57 Å². The predicted octanol–water partition coefficient (Wildman–Crippen LogP) is 7.50. The Bertz CT molecular complexity index is 1410. The van der Waals surface area contributed by atoms with Gasteiger partial charge in [0.15, 0.2) is 0 Å². The van der Waals surface area contributed by atoms with Crippen LogP contribution in [0.25, 0.3) is 0 Å². The maximum absolute atomic E-state index is 13.0. The minimum absolute atomic E-state index is 0.0800. The van der Waals surface area contributed by atoms with Crippen LogP contribution in [0.2, 0.25) is 0 Å². The highest BCUT2D eigenvalue weighted by Crippen LogP contribution is 2.27. The largest absolute Gasteiger partial charge is 0.444 e. The molecule has 0 saturated heterocycles. The fourth-order valence-corrected chi connectivity index (χ4v) is 5.95. The molecule has 0 saturated carbocycles. The van der Waals surface area contributed by atoms with Crippen molar-refractivity contribution in [1.82, 2.24) is 15.2 Å². The van der Waals surface area contributed by atoms with Crippen LogP contribution in [0.3, 0.4) is 0 Å². The lowest BCUT2D eigenvalue weighted by atomic mass is 9.93. The summed E-state index contributed by atoms with van der Waals surface area (Å²) in [6, 6.07) is 9.35. The number of carbonyl (C=O) groups excluding carboxylic acids is 3. The molecule has 3 amide bonds. The number of imide groups is 1. The van der Waals surface area contributed by atoms with Crippen LogP contribution in [0.5, 0.6) is 0 Å². The average molecular weight is 717 g/mol. The van der Waals surface area contributed by atoms with Crippen LogP contribution in [0.4, 0.5) is 19.5 Å². The number of hydrogen-bond acceptors (Lipinski definition) is 11. The Hall–Kier alpha value is -3.52. The monoisotopic (exact) mass is 716 g/mol. The standard InChI is InChI=1S/C37H56N4O8S/c1-35(2,3)47-32(44)40(23-29(42)26-13-11-10-12-14-26)22-21-25-15-17-27(18-16-25)38-30(43)20-19-28-24-50-31(39-28)41(33(45)48-36(4,5)6)34(46)49-37(7,8)9/h10-15,24,27,29-30,38,42-43H,16-23H2,1-9H3/t27?,29-,30?/m0/s1. The van der Waals surface area contributed by atoms with E-state index in [9.17, 15) is 24.6 Å². The number of amides is 3. The Labute approximate surface area is 300 Å². The number of hydrogen-bond donors (Lipinski definition) is 3. The Kier molecular flexibility index (Phi) is 14.4. The van der Waals surface area contributed by atoms with Crippen LogP contribution in [-0.2, 0) is 20.6 Å². The lowest BCUT2D eigenvalue weighted by Gasteiger charge is -2.30. The van der Waals surface area contributed by atoms with E-state index < -0.39 is 47.4 Å². The fraction of sp³-hybridized carbons (Fsp3) is 0.622. The van der Waals surface area contributed by atoms with Crippen molar-refractivity contribution in [3.63, 3.8) is 0 Å². The molecule has 3 N–H and O–H groups in total. The molecule has 278 valence electrons. The van der Waals surface area contributed by atoms with Crippen molar-refractivity contribution in [3.8, 4) is 0 Å². The second kappa shape index (κ2) is 17.6. The number of benzene rings is 1. The number of ether oxygens (including phenoxy) is 3. The molecular formula is C37H56N4O8S. The number of thiazole rings is 1. The minimum atomic E-state index is -0.874. The van der Waals surface area contributed by atoms with Crippen LogP contribution >= 0.6 is 11.3 Å². The van der Waals surface area contributed by atoms with Gasteiger partial charge in [0.25, 0.3) is 0 Å². The zero-order valence-corrected chi connectivity index (χ0v) is 31.8. The van der Waals surface area contributed by atoms with Crippen LogP contribution in [0.1, 0.15) is 112 Å². The van der Waals surface area contributed by atoms with E-state index in [-0.39, 0.29) is 17.7 Å². The van der Waals surface area contributed by atoms with Crippen LogP contribution in [-0.4, -0.2) is 80.5 Å². The van der Waals surface area contributed by atoms with Crippen molar-refractivity contribution in [1.29, 1.82) is 0 Å². The number of aryl methyl sites for hydroxylation is 1. The molecule has 2 unspecified atom stereocenters. The summed E-state index contributed by atoms with van der Waals surface area (Å²) >= 11 is 1.12. The Morgan fingerprint density at radius 1 is 0.900 bits per heavy atom. The summed E-state index contributed by atoms with van der Waals surface area (Å²) in [5, 5.41) is 26.8. The number of aliphatic hydroxyl groups is 2. The summed E-state index contributed by atoms with van der Waals surface area (Å²) in [6.07, 6.45) is 2.16. The second-order valence-corrected chi connectivity index (χ2v) is 16.4. The van der Waals surface area contributed by atoms with Gasteiger partial charge in [0.2, 0.25) is 5.13 Å². The molecule has 13 heteroatoms. The summed E-state index contributed by atoms with van der Waals surface area (Å²) in [5.41, 5.74) is 0.280. The zero-order chi connectivity index (χ0) is 37.3. The Morgan fingerprint density at radius 3 is 2.02 bits per heavy atom. The molecule has 1 heterocycles. The number of aromatic nitrogens is 1. The Balaban J connectivity index is 1.53. The van der Waals surface area contributed by atoms with Crippen LogP contribution in [0.15, 0.2) is 47.4 Å². The van der Waals surface area contributed by atoms with Crippen molar-refractivity contribution in [3.05, 3.63) is 58.6 Å². The summed E-state index contributed by atoms with van der Waals surface area (Å²) in [6.45, 7) is 16.3. The third-order valence-corrected chi connectivity index (χ3v) is 8.30. The van der Waals surface area contributed by atoms with Crippen molar-refractivity contribution in [2.45, 2.75) is 136 Å². The maximum atomic E-state index is 13.0. The number of aliphatic hydroxyl groups excluding tert-OH is 2. The van der Waals surface area contributed by atoms with Gasteiger partial charge in [0, 0.05) is 18.0 Å². The zero-order valence-electron chi connectivity index (χ0n) is 31.0. The average Bonchev–Trinajstić information content (AvgIpc) is 3.44. The quantitative estimate of drug-likeness (QED) is 0.114. The van der Waals surface area contributed by atoms with E-state index >= 15 is 0 Å². The predicted molar refractivity (Wildman–Crippen MR) is 194 cm³/mol. The van der Waals surface area contributed by atoms with Crippen LogP contribution < -0.4 is 10.2 Å². The first-order valence-electron chi connectivity index (χ1n) is 17.2. The number of carbonyl (C=O) groups is 3. The first-order chi connectivity index (χ1) is 23.2. The molecule has 50 heavy (non-hydrogen) atoms. The van der Waals surface area contributed by atoms with Crippen molar-refractivity contribution in [2.75, 3.05) is 18.0 Å². The molecule has 0 bridgehead atoms. The first-order valence-corrected chi connectivity index (χ1v) is 18.1. The third kappa shape index (κ3) is 14.4. The molecule has 3 atom stereocenters. The summed E-state index contributed by atoms with van der Waals surface area (Å²) in [7, 11) is 0. The lowest BCUT2D eigenvalue weighted by molar-refractivity contribution is 0.0145. The summed E-state index contributed by atoms with van der Waals surface area (Å²) in [5.74, 6) is 0. The van der Waals surface area contributed by atoms with Crippen LogP contribution in [0, 0.1) is 0 Å². The summed E-state index contributed by atoms with van der Waals surface area (Å²) < 4.78 is 16.5. The lowest BCUT2D eigenvalue weighted by Crippen LogP contribution is -2.43. The maximum Gasteiger partial charge on any atom is 0.426 e. The molecule has 0 aliphatic heterocycles. The molecular weight excluding hydrogens is 660 g/mol. The van der Waals surface area contributed by atoms with E-state index in [1.807, 2.05) is 51.1 Å². The van der Waals surface area contributed by atoms with Gasteiger partial charge in [-0.05, 0) is 106 Å². The number of rotatable bonds is 12. The molecule has 0 fully saturated rings. The molecule has 2 aromatic rings. The highest BCUT2D eigenvalue weighted by Gasteiger charge is 2.35. The van der Waals surface area contributed by atoms with Gasteiger partial charge in [-0.2, -0.15) is 4.90 Å². The molecule has 1 aliphatic rings. The number of nitrogens with one attached hydrogen (secondary N) is 1. The Morgan fingerprint density at radius 2 is 1.48 bits per heavy atom. The van der Waals surface area contributed by atoms with Gasteiger partial charge in [-0.25, -0.2) is 19.4 Å². The third-order valence-electron chi connectivity index (χ3n) is 7.42. The molecule has 0 spiro atoms. The number of nitrogens with zero attached hydrogens (tertiary/aromatic N) is 3. The van der Waals surface area contributed by atoms with Gasteiger partial charge in [0.1, 0.15) is 23.0 Å².